The van der Waals surface area contributed by atoms with E-state index in [1.165, 1.54) is 98.0 Å². The van der Waals surface area contributed by atoms with E-state index in [4.69, 9.17) is 9.97 Å². The van der Waals surface area contributed by atoms with Crippen molar-refractivity contribution in [1.29, 1.82) is 0 Å². The first-order valence-corrected chi connectivity index (χ1v) is 29.2. The summed E-state index contributed by atoms with van der Waals surface area (Å²) < 4.78 is 4.54. The monoisotopic (exact) mass is 1080 g/mol. The molecule has 4 heteroatoms. The summed E-state index contributed by atoms with van der Waals surface area (Å²) in [5.41, 5.74) is 19.2. The molecule has 0 amide bonds. The molecule has 0 N–H and O–H groups in total. The fourth-order valence-electron chi connectivity index (χ4n) is 13.8. The van der Waals surface area contributed by atoms with Crippen LogP contribution in [-0.4, -0.2) is 19.1 Å². The van der Waals surface area contributed by atoms with E-state index < -0.39 is 0 Å². The molecule has 0 aliphatic rings. The molecule has 0 aliphatic carbocycles. The number of hydrogen-bond acceptors (Lipinski definition) is 2. The minimum Gasteiger partial charge on any atom is -0.297 e. The normalized spacial score (nSPS) is 11.8. The van der Waals surface area contributed by atoms with Gasteiger partial charge in [-0.2, -0.15) is 0 Å². The van der Waals surface area contributed by atoms with Crippen LogP contribution >= 0.6 is 0 Å². The molecule has 4 nitrogen and oxygen atoms in total. The number of imidazole rings is 2. The summed E-state index contributed by atoms with van der Waals surface area (Å²) in [5.74, 6) is 1.87. The molecule has 15 aromatic carbocycles. The summed E-state index contributed by atoms with van der Waals surface area (Å²) in [5, 5.41) is 14.6. The van der Waals surface area contributed by atoms with Crippen LogP contribution in [0.25, 0.3) is 165 Å². The average molecular weight is 1080 g/mol. The van der Waals surface area contributed by atoms with E-state index in [2.05, 4.69) is 313 Å². The first-order chi connectivity index (χ1) is 42.1. The Labute approximate surface area is 491 Å². The van der Waals surface area contributed by atoms with Crippen molar-refractivity contribution in [2.75, 3.05) is 0 Å². The lowest BCUT2D eigenvalue weighted by molar-refractivity contribution is 1.00. The van der Waals surface area contributed by atoms with Crippen LogP contribution < -0.4 is 0 Å². The van der Waals surface area contributed by atoms with Crippen LogP contribution in [0.3, 0.4) is 0 Å². The van der Waals surface area contributed by atoms with Crippen LogP contribution in [0.15, 0.2) is 297 Å². The molecular formula is C81H52N4. The molecule has 17 aromatic rings. The minimum absolute atomic E-state index is 0.910. The van der Waals surface area contributed by atoms with E-state index >= 15 is 0 Å². The highest BCUT2D eigenvalue weighted by Gasteiger charge is 2.23. The summed E-state index contributed by atoms with van der Waals surface area (Å²) in [6.45, 7) is 2.09. The summed E-state index contributed by atoms with van der Waals surface area (Å²) in [7, 11) is 0. The number of aryl methyl sites for hydroxylation is 1. The lowest BCUT2D eigenvalue weighted by atomic mass is 9.82. The van der Waals surface area contributed by atoms with Gasteiger partial charge in [0.05, 0.1) is 22.1 Å². The Bertz CT molecular complexity index is 5530. The first kappa shape index (κ1) is 48.5. The van der Waals surface area contributed by atoms with Gasteiger partial charge < -0.3 is 0 Å². The van der Waals surface area contributed by atoms with Crippen molar-refractivity contribution in [3.05, 3.63) is 303 Å². The summed E-state index contributed by atoms with van der Waals surface area (Å²) in [4.78, 5) is 10.2. The zero-order chi connectivity index (χ0) is 56.1. The molecule has 0 unspecified atom stereocenters. The Morgan fingerprint density at radius 2 is 0.682 bits per heavy atom. The van der Waals surface area contributed by atoms with E-state index in [9.17, 15) is 0 Å². The third kappa shape index (κ3) is 7.84. The predicted octanol–water partition coefficient (Wildman–Crippen LogP) is 21.6. The lowest BCUT2D eigenvalue weighted by Crippen LogP contribution is -1.97. The molecule has 0 saturated carbocycles. The topological polar surface area (TPSA) is 35.6 Å². The Kier molecular flexibility index (Phi) is 11.1. The SMILES string of the molecule is Cc1nc2ccccc2n1-c1ccc(-c2c3ccccc3c(-c3cccc4ccccc34)c3ccc(-c4ccc5c(-c6ccc7ccccc7c6)c6ccccc6c(-c6ccc(-c7nc8ccccc8n7-c7ccccc7)cc6)c5c4)cc23)cc1. The van der Waals surface area contributed by atoms with Gasteiger partial charge in [0.15, 0.2) is 0 Å². The minimum atomic E-state index is 0.910. The smallest absolute Gasteiger partial charge is 0.145 e. The van der Waals surface area contributed by atoms with Crippen molar-refractivity contribution in [2.45, 2.75) is 6.92 Å². The molecule has 0 spiro atoms. The maximum Gasteiger partial charge on any atom is 0.145 e. The fraction of sp³-hybridized carbons (Fsp3) is 0.0123. The van der Waals surface area contributed by atoms with Gasteiger partial charge in [0.1, 0.15) is 11.6 Å². The van der Waals surface area contributed by atoms with Crippen LogP contribution in [0.5, 0.6) is 0 Å². The van der Waals surface area contributed by atoms with Crippen molar-refractivity contribution in [1.82, 2.24) is 19.1 Å². The number of benzene rings is 15. The maximum atomic E-state index is 5.26. The first-order valence-electron chi connectivity index (χ1n) is 29.2. The molecule has 0 atom stereocenters. The molecule has 85 heavy (non-hydrogen) atoms. The number of nitrogens with zero attached hydrogens (tertiary/aromatic N) is 4. The molecule has 0 saturated heterocycles. The van der Waals surface area contributed by atoms with Gasteiger partial charge in [0, 0.05) is 16.9 Å². The molecular weight excluding hydrogens is 1030 g/mol. The molecule has 2 aromatic heterocycles. The second-order valence-electron chi connectivity index (χ2n) is 22.4. The van der Waals surface area contributed by atoms with E-state index in [0.29, 0.717) is 0 Å². The van der Waals surface area contributed by atoms with Gasteiger partial charge in [-0.25, -0.2) is 9.97 Å². The number of fused-ring (bicyclic) bond motifs is 8. The van der Waals surface area contributed by atoms with E-state index in [-0.39, 0.29) is 0 Å². The van der Waals surface area contributed by atoms with Gasteiger partial charge in [-0.15, -0.1) is 0 Å². The van der Waals surface area contributed by atoms with Crippen LogP contribution in [0.4, 0.5) is 0 Å². The number of rotatable bonds is 8. The maximum absolute atomic E-state index is 5.26. The van der Waals surface area contributed by atoms with Gasteiger partial charge in [-0.05, 0) is 194 Å². The highest BCUT2D eigenvalue weighted by molar-refractivity contribution is 6.25. The average Bonchev–Trinajstić information content (AvgIpc) is 1.82. The number of aromatic nitrogens is 4. The van der Waals surface area contributed by atoms with Crippen LogP contribution in [0.1, 0.15) is 5.82 Å². The molecule has 2 heterocycles. The van der Waals surface area contributed by atoms with E-state index in [1.807, 2.05) is 0 Å². The standard InChI is InChI=1S/C81H52N4/c1-51-82-73-30-13-15-32-75(73)84(51)62-44-40-55(41-45-62)78-67-27-11-12-28-68(67)80(64-29-17-21-53-19-7-8-24-63(53)64)70-47-43-59(50-72(70)78)58-42-46-69-71(49-58)77(65-25-9-10-26-66(65)79(69)60-39-34-52-18-5-6-20-57(52)48-60)54-35-37-56(38-36-54)81-83-74-31-14-16-33-76(74)85(81)61-22-3-2-4-23-61/h2-50H,1H3. The fourth-order valence-corrected chi connectivity index (χ4v) is 13.8. The van der Waals surface area contributed by atoms with Gasteiger partial charge in [0.2, 0.25) is 0 Å². The number of para-hydroxylation sites is 5. The second kappa shape index (κ2) is 19.5. The molecule has 17 rings (SSSR count). The Hall–Kier alpha value is -11.2. The second-order valence-corrected chi connectivity index (χ2v) is 22.4. The van der Waals surface area contributed by atoms with Crippen LogP contribution in [0, 0.1) is 6.92 Å². The molecule has 0 aliphatic heterocycles. The molecule has 0 bridgehead atoms. The quantitative estimate of drug-likeness (QED) is 0.142. The third-order valence-electron chi connectivity index (χ3n) is 17.6. The zero-order valence-corrected chi connectivity index (χ0v) is 46.6. The summed E-state index contributed by atoms with van der Waals surface area (Å²) in [6.07, 6.45) is 0. The molecule has 396 valence electrons. The Morgan fingerprint density at radius 1 is 0.247 bits per heavy atom. The largest absolute Gasteiger partial charge is 0.297 e. The van der Waals surface area contributed by atoms with Crippen molar-refractivity contribution in [3.8, 4) is 78.4 Å². The summed E-state index contributed by atoms with van der Waals surface area (Å²) in [6, 6.07) is 109. The van der Waals surface area contributed by atoms with Crippen LogP contribution in [0.2, 0.25) is 0 Å². The summed E-state index contributed by atoms with van der Waals surface area (Å²) >= 11 is 0. The van der Waals surface area contributed by atoms with Gasteiger partial charge in [-0.3, -0.25) is 9.13 Å². The molecule has 0 radical (unpaired) electrons. The Morgan fingerprint density at radius 3 is 1.34 bits per heavy atom. The van der Waals surface area contributed by atoms with Gasteiger partial charge in [0.25, 0.3) is 0 Å². The lowest BCUT2D eigenvalue weighted by Gasteiger charge is -2.21. The van der Waals surface area contributed by atoms with Crippen molar-refractivity contribution in [2.24, 2.45) is 0 Å². The van der Waals surface area contributed by atoms with E-state index in [0.717, 1.165) is 72.9 Å². The predicted molar refractivity (Wildman–Crippen MR) is 358 cm³/mol. The Balaban J connectivity index is 0.904. The highest BCUT2D eigenvalue weighted by atomic mass is 15.1. The zero-order valence-electron chi connectivity index (χ0n) is 46.6. The van der Waals surface area contributed by atoms with E-state index in [1.54, 1.807) is 0 Å². The third-order valence-corrected chi connectivity index (χ3v) is 17.6. The molecule has 0 fully saturated rings. The highest BCUT2D eigenvalue weighted by Crippen LogP contribution is 2.49. The van der Waals surface area contributed by atoms with Crippen LogP contribution in [-0.2, 0) is 0 Å². The number of hydrogen-bond donors (Lipinski definition) is 0. The van der Waals surface area contributed by atoms with Crippen molar-refractivity contribution in [3.63, 3.8) is 0 Å². The van der Waals surface area contributed by atoms with Crippen molar-refractivity contribution < 1.29 is 0 Å². The van der Waals surface area contributed by atoms with Crippen molar-refractivity contribution >= 4 is 86.7 Å². The van der Waals surface area contributed by atoms with Gasteiger partial charge in [-0.1, -0.05) is 231 Å². The van der Waals surface area contributed by atoms with Gasteiger partial charge >= 0.3 is 0 Å².